The number of rotatable bonds is 3. The van der Waals surface area contributed by atoms with Crippen LogP contribution in [0, 0.1) is 0 Å². The molecule has 0 unspecified atom stereocenters. The van der Waals surface area contributed by atoms with Gasteiger partial charge in [0.25, 0.3) is 5.91 Å². The molecule has 0 atom stereocenters. The number of anilines is 2. The number of hydrogen-bond donors (Lipinski definition) is 2. The number of amides is 3. The maximum absolute atomic E-state index is 12.2. The molecule has 0 aliphatic carbocycles. The number of likely N-dealkylation sites (N-methyl/N-ethyl adjacent to an activating group) is 1. The van der Waals surface area contributed by atoms with Crippen molar-refractivity contribution in [2.24, 2.45) is 0 Å². The van der Waals surface area contributed by atoms with Crippen molar-refractivity contribution in [2.75, 3.05) is 37.1 Å². The summed E-state index contributed by atoms with van der Waals surface area (Å²) in [5, 5.41) is 5.59. The Morgan fingerprint density at radius 3 is 2.71 bits per heavy atom. The van der Waals surface area contributed by atoms with Crippen molar-refractivity contribution in [3.8, 4) is 17.2 Å². The summed E-state index contributed by atoms with van der Waals surface area (Å²) < 4.78 is 16.7. The van der Waals surface area contributed by atoms with Gasteiger partial charge in [-0.05, 0) is 29.8 Å². The van der Waals surface area contributed by atoms with Gasteiger partial charge in [0.15, 0.2) is 18.1 Å². The summed E-state index contributed by atoms with van der Waals surface area (Å²) >= 11 is 0. The van der Waals surface area contributed by atoms with E-state index in [-0.39, 0.29) is 18.5 Å². The number of fused-ring (bicyclic) bond motifs is 2. The molecule has 4 rings (SSSR count). The van der Waals surface area contributed by atoms with Gasteiger partial charge < -0.3 is 29.7 Å². The largest absolute Gasteiger partial charge is 0.490 e. The fourth-order valence-corrected chi connectivity index (χ4v) is 3.03. The van der Waals surface area contributed by atoms with E-state index in [1.807, 2.05) is 18.2 Å². The van der Waals surface area contributed by atoms with Crippen LogP contribution in [0.4, 0.5) is 16.2 Å². The van der Waals surface area contributed by atoms with Crippen molar-refractivity contribution in [3.63, 3.8) is 0 Å². The number of urea groups is 1. The quantitative estimate of drug-likeness (QED) is 0.850. The van der Waals surface area contributed by atoms with Gasteiger partial charge in [-0.25, -0.2) is 4.79 Å². The minimum absolute atomic E-state index is 0.0107. The Balaban J connectivity index is 1.36. The summed E-state index contributed by atoms with van der Waals surface area (Å²) in [6, 6.07) is 10.5. The molecule has 2 aliphatic rings. The molecule has 8 heteroatoms. The first kappa shape index (κ1) is 18.0. The normalized spacial score (nSPS) is 15.2. The number of ether oxygens (including phenoxy) is 3. The molecule has 2 heterocycles. The molecular weight excluding hydrogens is 362 g/mol. The van der Waals surface area contributed by atoms with Crippen LogP contribution in [-0.2, 0) is 11.3 Å². The zero-order valence-corrected chi connectivity index (χ0v) is 15.5. The van der Waals surface area contributed by atoms with E-state index in [4.69, 9.17) is 14.2 Å². The monoisotopic (exact) mass is 383 g/mol. The first-order valence-corrected chi connectivity index (χ1v) is 9.07. The number of carbonyl (C=O) groups is 2. The maximum Gasteiger partial charge on any atom is 0.319 e. The van der Waals surface area contributed by atoms with Gasteiger partial charge in [0.05, 0.1) is 18.9 Å². The standard InChI is InChI=1S/C20H21N3O5/c1-23-15-5-4-14(10-17(15)28-12-19(23)24)22-20(25)21-11-13-3-6-16-18(9-13)27-8-2-7-26-16/h3-6,9-10H,2,7-8,11-12H2,1H3,(H2,21,22,25). The number of nitrogens with zero attached hydrogens (tertiary/aromatic N) is 1. The van der Waals surface area contributed by atoms with E-state index in [2.05, 4.69) is 10.6 Å². The van der Waals surface area contributed by atoms with Crippen LogP contribution in [0.15, 0.2) is 36.4 Å². The third kappa shape index (κ3) is 3.80. The Labute approximate surface area is 162 Å². The van der Waals surface area contributed by atoms with Crippen LogP contribution in [0.25, 0.3) is 0 Å². The van der Waals surface area contributed by atoms with E-state index < -0.39 is 0 Å². The molecule has 0 spiro atoms. The first-order chi connectivity index (χ1) is 13.6. The Hall–Kier alpha value is -3.42. The molecule has 146 valence electrons. The average Bonchev–Trinajstić information content (AvgIpc) is 2.94. The average molecular weight is 383 g/mol. The highest BCUT2D eigenvalue weighted by atomic mass is 16.5. The second kappa shape index (κ2) is 7.67. The second-order valence-electron chi connectivity index (χ2n) is 6.56. The first-order valence-electron chi connectivity index (χ1n) is 9.07. The lowest BCUT2D eigenvalue weighted by atomic mass is 10.2. The van der Waals surface area contributed by atoms with Gasteiger partial charge in [-0.15, -0.1) is 0 Å². The predicted molar refractivity (Wildman–Crippen MR) is 103 cm³/mol. The van der Waals surface area contributed by atoms with Crippen LogP contribution in [0.5, 0.6) is 17.2 Å². The summed E-state index contributed by atoms with van der Waals surface area (Å²) in [6.45, 7) is 1.59. The lowest BCUT2D eigenvalue weighted by Gasteiger charge is -2.26. The lowest BCUT2D eigenvalue weighted by Crippen LogP contribution is -2.35. The minimum atomic E-state index is -0.340. The highest BCUT2D eigenvalue weighted by molar-refractivity contribution is 5.98. The van der Waals surface area contributed by atoms with Crippen molar-refractivity contribution in [2.45, 2.75) is 13.0 Å². The van der Waals surface area contributed by atoms with Crippen LogP contribution >= 0.6 is 0 Å². The summed E-state index contributed by atoms with van der Waals surface area (Å²) in [5.41, 5.74) is 2.17. The summed E-state index contributed by atoms with van der Waals surface area (Å²) in [7, 11) is 1.69. The summed E-state index contributed by atoms with van der Waals surface area (Å²) in [4.78, 5) is 25.4. The number of hydrogen-bond acceptors (Lipinski definition) is 5. The molecule has 0 fully saturated rings. The van der Waals surface area contributed by atoms with E-state index in [0.717, 1.165) is 17.7 Å². The lowest BCUT2D eigenvalue weighted by molar-refractivity contribution is -0.120. The molecule has 2 aliphatic heterocycles. The van der Waals surface area contributed by atoms with E-state index in [1.165, 1.54) is 4.90 Å². The van der Waals surface area contributed by atoms with Crippen molar-refractivity contribution in [3.05, 3.63) is 42.0 Å². The van der Waals surface area contributed by atoms with Crippen molar-refractivity contribution < 1.29 is 23.8 Å². The topological polar surface area (TPSA) is 89.1 Å². The Kier molecular flexibility index (Phi) is 4.92. The van der Waals surface area contributed by atoms with Gasteiger partial charge >= 0.3 is 6.03 Å². The molecule has 2 N–H and O–H groups in total. The molecule has 2 aromatic rings. The van der Waals surface area contributed by atoms with Gasteiger partial charge in [-0.1, -0.05) is 6.07 Å². The predicted octanol–water partition coefficient (Wildman–Crippen LogP) is 2.52. The Bertz CT molecular complexity index is 915. The fourth-order valence-electron chi connectivity index (χ4n) is 3.03. The van der Waals surface area contributed by atoms with Gasteiger partial charge in [-0.2, -0.15) is 0 Å². The van der Waals surface area contributed by atoms with Crippen molar-refractivity contribution in [1.82, 2.24) is 5.32 Å². The zero-order valence-electron chi connectivity index (χ0n) is 15.5. The van der Waals surface area contributed by atoms with E-state index in [9.17, 15) is 9.59 Å². The third-order valence-corrected chi connectivity index (χ3v) is 4.57. The number of carbonyl (C=O) groups excluding carboxylic acids is 2. The highest BCUT2D eigenvalue weighted by Gasteiger charge is 2.22. The molecule has 0 aromatic heterocycles. The second-order valence-corrected chi connectivity index (χ2v) is 6.56. The van der Waals surface area contributed by atoms with E-state index in [0.29, 0.717) is 42.6 Å². The fraction of sp³-hybridized carbons (Fsp3) is 0.300. The third-order valence-electron chi connectivity index (χ3n) is 4.57. The molecule has 0 saturated carbocycles. The molecule has 0 radical (unpaired) electrons. The van der Waals surface area contributed by atoms with Crippen molar-refractivity contribution in [1.29, 1.82) is 0 Å². The van der Waals surface area contributed by atoms with Crippen LogP contribution in [0.2, 0.25) is 0 Å². The summed E-state index contributed by atoms with van der Waals surface area (Å²) in [5.74, 6) is 1.87. The van der Waals surface area contributed by atoms with Gasteiger partial charge in [-0.3, -0.25) is 4.79 Å². The Morgan fingerprint density at radius 1 is 1.04 bits per heavy atom. The molecule has 0 saturated heterocycles. The van der Waals surface area contributed by atoms with Crippen molar-refractivity contribution >= 4 is 23.3 Å². The number of benzene rings is 2. The molecular formula is C20H21N3O5. The van der Waals surface area contributed by atoms with Crippen LogP contribution < -0.4 is 29.7 Å². The Morgan fingerprint density at radius 2 is 1.86 bits per heavy atom. The summed E-state index contributed by atoms with van der Waals surface area (Å²) in [6.07, 6.45) is 0.846. The van der Waals surface area contributed by atoms with Crippen LogP contribution in [-0.4, -0.2) is 38.8 Å². The SMILES string of the molecule is CN1C(=O)COc2cc(NC(=O)NCc3ccc4c(c3)OCCCO4)ccc21. The van der Waals surface area contributed by atoms with Gasteiger partial charge in [0.2, 0.25) is 0 Å². The van der Waals surface area contributed by atoms with Gasteiger partial charge in [0.1, 0.15) is 5.75 Å². The van der Waals surface area contributed by atoms with Crippen LogP contribution in [0.3, 0.4) is 0 Å². The maximum atomic E-state index is 12.2. The molecule has 2 aromatic carbocycles. The molecule has 3 amide bonds. The highest BCUT2D eigenvalue weighted by Crippen LogP contribution is 2.33. The van der Waals surface area contributed by atoms with E-state index in [1.54, 1.807) is 25.2 Å². The minimum Gasteiger partial charge on any atom is -0.490 e. The smallest absolute Gasteiger partial charge is 0.319 e. The zero-order chi connectivity index (χ0) is 19.5. The molecule has 0 bridgehead atoms. The van der Waals surface area contributed by atoms with Gasteiger partial charge in [0, 0.05) is 31.8 Å². The molecule has 28 heavy (non-hydrogen) atoms. The van der Waals surface area contributed by atoms with Crippen LogP contribution in [0.1, 0.15) is 12.0 Å². The van der Waals surface area contributed by atoms with E-state index >= 15 is 0 Å². The number of nitrogens with one attached hydrogen (secondary N) is 2. The molecule has 8 nitrogen and oxygen atoms in total.